The minimum absolute atomic E-state index is 0.266. The molecule has 0 aromatic carbocycles. The average Bonchev–Trinajstić information content (AvgIpc) is 2.83. The van der Waals surface area contributed by atoms with E-state index in [0.717, 1.165) is 6.42 Å². The molecule has 2 atom stereocenters. The normalized spacial score (nSPS) is 26.0. The van der Waals surface area contributed by atoms with Crippen LogP contribution in [0.3, 0.4) is 0 Å². The van der Waals surface area contributed by atoms with Crippen molar-refractivity contribution in [1.82, 2.24) is 10.2 Å². The summed E-state index contributed by atoms with van der Waals surface area (Å²) in [5, 5.41) is 7.63. The highest BCUT2D eigenvalue weighted by Crippen LogP contribution is 2.27. The standard InChI is InChI=1S/C10H17N3O2/c1-7-12-13-10(15-7)6-14-9-4-2-3-8(9)5-11/h8-9H,2-6,11H2,1H3. The number of ether oxygens (including phenoxy) is 1. The van der Waals surface area contributed by atoms with Gasteiger partial charge in [0.1, 0.15) is 6.61 Å². The molecule has 1 aromatic heterocycles. The van der Waals surface area contributed by atoms with E-state index in [1.807, 2.05) is 0 Å². The third-order valence-electron chi connectivity index (χ3n) is 2.88. The summed E-state index contributed by atoms with van der Waals surface area (Å²) in [5.41, 5.74) is 5.67. The van der Waals surface area contributed by atoms with E-state index in [1.54, 1.807) is 6.92 Å². The third-order valence-corrected chi connectivity index (χ3v) is 2.88. The SMILES string of the molecule is Cc1nnc(COC2CCCC2CN)o1. The lowest BCUT2D eigenvalue weighted by molar-refractivity contribution is 0.00746. The minimum atomic E-state index is 0.266. The Bertz CT molecular complexity index is 313. The van der Waals surface area contributed by atoms with E-state index in [4.69, 9.17) is 14.9 Å². The smallest absolute Gasteiger partial charge is 0.242 e. The Kier molecular flexibility index (Phi) is 3.33. The lowest BCUT2D eigenvalue weighted by atomic mass is 10.1. The van der Waals surface area contributed by atoms with Crippen molar-refractivity contribution in [3.05, 3.63) is 11.8 Å². The Hall–Kier alpha value is -0.940. The predicted molar refractivity (Wildman–Crippen MR) is 54.0 cm³/mol. The highest BCUT2D eigenvalue weighted by Gasteiger charge is 2.27. The zero-order valence-corrected chi connectivity index (χ0v) is 8.98. The maximum Gasteiger partial charge on any atom is 0.242 e. The maximum absolute atomic E-state index is 5.73. The summed E-state index contributed by atoms with van der Waals surface area (Å²) >= 11 is 0. The summed E-state index contributed by atoms with van der Waals surface area (Å²) in [6.45, 7) is 2.88. The molecular weight excluding hydrogens is 194 g/mol. The molecule has 0 aliphatic heterocycles. The molecule has 15 heavy (non-hydrogen) atoms. The monoisotopic (exact) mass is 211 g/mol. The first-order chi connectivity index (χ1) is 7.29. The van der Waals surface area contributed by atoms with Gasteiger partial charge in [0.05, 0.1) is 6.10 Å². The molecule has 1 heterocycles. The fourth-order valence-corrected chi connectivity index (χ4v) is 2.07. The number of aryl methyl sites for hydroxylation is 1. The Labute approximate surface area is 89.0 Å². The summed E-state index contributed by atoms with van der Waals surface area (Å²) in [7, 11) is 0. The first-order valence-corrected chi connectivity index (χ1v) is 5.40. The van der Waals surface area contributed by atoms with Crippen molar-refractivity contribution >= 4 is 0 Å². The fraction of sp³-hybridized carbons (Fsp3) is 0.800. The number of rotatable bonds is 4. The van der Waals surface area contributed by atoms with E-state index in [9.17, 15) is 0 Å². The van der Waals surface area contributed by atoms with E-state index < -0.39 is 0 Å². The van der Waals surface area contributed by atoms with Gasteiger partial charge in [-0.05, 0) is 25.3 Å². The Morgan fingerprint density at radius 2 is 2.33 bits per heavy atom. The molecule has 1 aliphatic carbocycles. The fourth-order valence-electron chi connectivity index (χ4n) is 2.07. The summed E-state index contributed by atoms with van der Waals surface area (Å²) in [5.74, 6) is 1.62. The second kappa shape index (κ2) is 4.72. The van der Waals surface area contributed by atoms with E-state index >= 15 is 0 Å². The van der Waals surface area contributed by atoms with Crippen LogP contribution in [0.1, 0.15) is 31.0 Å². The molecule has 5 heteroatoms. The number of hydrogen-bond donors (Lipinski definition) is 1. The lowest BCUT2D eigenvalue weighted by Gasteiger charge is -2.17. The summed E-state index contributed by atoms with van der Waals surface area (Å²) in [6.07, 6.45) is 3.73. The summed E-state index contributed by atoms with van der Waals surface area (Å²) in [4.78, 5) is 0. The van der Waals surface area contributed by atoms with E-state index in [1.165, 1.54) is 12.8 Å². The van der Waals surface area contributed by atoms with Crippen LogP contribution in [0.2, 0.25) is 0 Å². The molecule has 1 fully saturated rings. The van der Waals surface area contributed by atoms with Crippen LogP contribution in [0.15, 0.2) is 4.42 Å². The van der Waals surface area contributed by atoms with Gasteiger partial charge in [-0.15, -0.1) is 10.2 Å². The second-order valence-electron chi connectivity index (χ2n) is 3.99. The molecule has 0 saturated heterocycles. The van der Waals surface area contributed by atoms with Crippen LogP contribution < -0.4 is 5.73 Å². The van der Waals surface area contributed by atoms with Gasteiger partial charge in [0, 0.05) is 6.92 Å². The topological polar surface area (TPSA) is 74.2 Å². The molecule has 84 valence electrons. The van der Waals surface area contributed by atoms with Gasteiger partial charge in [-0.25, -0.2) is 0 Å². The molecule has 2 unspecified atom stereocenters. The van der Waals surface area contributed by atoms with Crippen LogP contribution in [0, 0.1) is 12.8 Å². The molecule has 5 nitrogen and oxygen atoms in total. The number of aromatic nitrogens is 2. The summed E-state index contributed by atoms with van der Waals surface area (Å²) < 4.78 is 11.0. The van der Waals surface area contributed by atoms with Crippen molar-refractivity contribution in [1.29, 1.82) is 0 Å². The van der Waals surface area contributed by atoms with Crippen LogP contribution in [0.25, 0.3) is 0 Å². The molecule has 0 amide bonds. The maximum atomic E-state index is 5.73. The first-order valence-electron chi connectivity index (χ1n) is 5.40. The van der Waals surface area contributed by atoms with Gasteiger partial charge < -0.3 is 14.9 Å². The Balaban J connectivity index is 1.82. The van der Waals surface area contributed by atoms with Gasteiger partial charge in [-0.2, -0.15) is 0 Å². The molecule has 1 aromatic rings. The summed E-state index contributed by atoms with van der Waals surface area (Å²) in [6, 6.07) is 0. The first kappa shape index (κ1) is 10.6. The zero-order chi connectivity index (χ0) is 10.7. The van der Waals surface area contributed by atoms with Crippen LogP contribution in [0.4, 0.5) is 0 Å². The molecule has 1 aliphatic rings. The van der Waals surface area contributed by atoms with Crippen molar-refractivity contribution in [2.45, 2.75) is 38.9 Å². The molecule has 0 bridgehead atoms. The molecule has 1 saturated carbocycles. The number of hydrogen-bond acceptors (Lipinski definition) is 5. The van der Waals surface area contributed by atoms with Crippen molar-refractivity contribution in [2.24, 2.45) is 11.7 Å². The third kappa shape index (κ3) is 2.54. The Morgan fingerprint density at radius 3 is 3.00 bits per heavy atom. The Morgan fingerprint density at radius 1 is 1.47 bits per heavy atom. The number of nitrogens with two attached hydrogens (primary N) is 1. The van der Waals surface area contributed by atoms with Gasteiger partial charge in [-0.1, -0.05) is 6.42 Å². The predicted octanol–water partition coefficient (Wildman–Crippen LogP) is 1.02. The van der Waals surface area contributed by atoms with Crippen molar-refractivity contribution in [3.8, 4) is 0 Å². The van der Waals surface area contributed by atoms with Gasteiger partial charge in [0.25, 0.3) is 0 Å². The van der Waals surface area contributed by atoms with E-state index in [-0.39, 0.29) is 6.10 Å². The average molecular weight is 211 g/mol. The van der Waals surface area contributed by atoms with Gasteiger partial charge >= 0.3 is 0 Å². The number of nitrogens with zero attached hydrogens (tertiary/aromatic N) is 2. The molecule has 2 rings (SSSR count). The highest BCUT2D eigenvalue weighted by atomic mass is 16.5. The molecular formula is C10H17N3O2. The second-order valence-corrected chi connectivity index (χ2v) is 3.99. The van der Waals surface area contributed by atoms with Crippen LogP contribution in [-0.4, -0.2) is 22.8 Å². The molecule has 2 N–H and O–H groups in total. The lowest BCUT2D eigenvalue weighted by Crippen LogP contribution is -2.25. The van der Waals surface area contributed by atoms with Crippen molar-refractivity contribution in [2.75, 3.05) is 6.54 Å². The highest BCUT2D eigenvalue weighted by molar-refractivity contribution is 4.81. The van der Waals surface area contributed by atoms with Crippen molar-refractivity contribution < 1.29 is 9.15 Å². The molecule has 0 spiro atoms. The largest absolute Gasteiger partial charge is 0.423 e. The van der Waals surface area contributed by atoms with E-state index in [0.29, 0.717) is 30.9 Å². The minimum Gasteiger partial charge on any atom is -0.423 e. The van der Waals surface area contributed by atoms with Crippen LogP contribution in [-0.2, 0) is 11.3 Å². The van der Waals surface area contributed by atoms with Gasteiger partial charge in [-0.3, -0.25) is 0 Å². The van der Waals surface area contributed by atoms with Crippen LogP contribution in [0.5, 0.6) is 0 Å². The van der Waals surface area contributed by atoms with Crippen LogP contribution >= 0.6 is 0 Å². The quantitative estimate of drug-likeness (QED) is 0.804. The molecule has 0 radical (unpaired) electrons. The van der Waals surface area contributed by atoms with Gasteiger partial charge in [0.15, 0.2) is 0 Å². The van der Waals surface area contributed by atoms with Gasteiger partial charge in [0.2, 0.25) is 11.8 Å². The van der Waals surface area contributed by atoms with Crippen molar-refractivity contribution in [3.63, 3.8) is 0 Å². The zero-order valence-electron chi connectivity index (χ0n) is 8.98. The van der Waals surface area contributed by atoms with E-state index in [2.05, 4.69) is 10.2 Å².